The van der Waals surface area contributed by atoms with Gasteiger partial charge in [0, 0.05) is 17.9 Å². The van der Waals surface area contributed by atoms with Crippen molar-refractivity contribution >= 4 is 29.3 Å². The standard InChI is InChI=1S/C20H23N3O2S/c1-23(2)13-16(14-8-4-3-5-9-14)21-19(24)12-18-20(25)22-15-10-6-7-11-17(15)26-18/h3-11,16,18H,12-13H2,1-2H3,(H,21,24)(H,22,25)/t16-,18-/m0/s1. The number of carbonyl (C=O) groups excluding carboxylic acids is 2. The fourth-order valence-electron chi connectivity index (χ4n) is 2.93. The molecule has 2 amide bonds. The van der Waals surface area contributed by atoms with E-state index in [9.17, 15) is 9.59 Å². The van der Waals surface area contributed by atoms with Gasteiger partial charge in [-0.2, -0.15) is 0 Å². The molecule has 1 heterocycles. The number of anilines is 1. The van der Waals surface area contributed by atoms with E-state index >= 15 is 0 Å². The molecule has 2 aromatic rings. The summed E-state index contributed by atoms with van der Waals surface area (Å²) < 4.78 is 0. The summed E-state index contributed by atoms with van der Waals surface area (Å²) >= 11 is 1.45. The summed E-state index contributed by atoms with van der Waals surface area (Å²) in [5.74, 6) is -0.236. The van der Waals surface area contributed by atoms with Gasteiger partial charge in [0.2, 0.25) is 11.8 Å². The van der Waals surface area contributed by atoms with Gasteiger partial charge in [-0.1, -0.05) is 42.5 Å². The van der Waals surface area contributed by atoms with E-state index in [1.807, 2.05) is 73.6 Å². The third-order valence-corrected chi connectivity index (χ3v) is 5.44. The maximum absolute atomic E-state index is 12.6. The highest BCUT2D eigenvalue weighted by Crippen LogP contribution is 2.36. The number of likely N-dealkylation sites (N-methyl/N-ethyl adjacent to an activating group) is 1. The van der Waals surface area contributed by atoms with Gasteiger partial charge in [-0.15, -0.1) is 11.8 Å². The number of carbonyl (C=O) groups is 2. The SMILES string of the molecule is CN(C)C[C@H](NC(=O)C[C@@H]1Sc2ccccc2NC1=O)c1ccccc1. The summed E-state index contributed by atoms with van der Waals surface area (Å²) in [5.41, 5.74) is 1.87. The summed E-state index contributed by atoms with van der Waals surface area (Å²) in [6.07, 6.45) is 0.154. The number of amides is 2. The van der Waals surface area contributed by atoms with Gasteiger partial charge in [-0.25, -0.2) is 0 Å². The molecule has 0 radical (unpaired) electrons. The van der Waals surface area contributed by atoms with E-state index in [-0.39, 0.29) is 24.3 Å². The second-order valence-corrected chi connectivity index (χ2v) is 7.83. The first kappa shape index (κ1) is 18.5. The van der Waals surface area contributed by atoms with Crippen molar-refractivity contribution in [1.29, 1.82) is 0 Å². The van der Waals surface area contributed by atoms with Crippen molar-refractivity contribution in [3.05, 3.63) is 60.2 Å². The topological polar surface area (TPSA) is 61.4 Å². The summed E-state index contributed by atoms with van der Waals surface area (Å²) in [5, 5.41) is 5.55. The van der Waals surface area contributed by atoms with E-state index in [4.69, 9.17) is 0 Å². The number of nitrogens with one attached hydrogen (secondary N) is 2. The molecule has 2 atom stereocenters. The Morgan fingerprint density at radius 3 is 2.58 bits per heavy atom. The molecule has 0 bridgehead atoms. The molecular formula is C20H23N3O2S. The second kappa shape index (κ2) is 8.38. The average Bonchev–Trinajstić information content (AvgIpc) is 2.62. The lowest BCUT2D eigenvalue weighted by Crippen LogP contribution is -2.39. The summed E-state index contributed by atoms with van der Waals surface area (Å²) in [6, 6.07) is 17.4. The maximum Gasteiger partial charge on any atom is 0.238 e. The van der Waals surface area contributed by atoms with E-state index in [1.165, 1.54) is 11.8 Å². The van der Waals surface area contributed by atoms with Crippen molar-refractivity contribution in [2.45, 2.75) is 22.6 Å². The minimum absolute atomic E-state index is 0.109. The third kappa shape index (κ3) is 4.65. The Morgan fingerprint density at radius 2 is 1.85 bits per heavy atom. The van der Waals surface area contributed by atoms with Gasteiger partial charge in [0.15, 0.2) is 0 Å². The highest BCUT2D eigenvalue weighted by molar-refractivity contribution is 8.01. The molecule has 6 heteroatoms. The van der Waals surface area contributed by atoms with Crippen LogP contribution in [0.4, 0.5) is 5.69 Å². The van der Waals surface area contributed by atoms with Gasteiger partial charge < -0.3 is 15.5 Å². The van der Waals surface area contributed by atoms with Crippen molar-refractivity contribution < 1.29 is 9.59 Å². The van der Waals surface area contributed by atoms with Gasteiger partial charge in [-0.05, 0) is 31.8 Å². The number of benzene rings is 2. The molecule has 0 unspecified atom stereocenters. The Kier molecular flexibility index (Phi) is 5.96. The lowest BCUT2D eigenvalue weighted by molar-refractivity contribution is -0.124. The van der Waals surface area contributed by atoms with Gasteiger partial charge in [-0.3, -0.25) is 9.59 Å². The molecule has 5 nitrogen and oxygen atoms in total. The smallest absolute Gasteiger partial charge is 0.238 e. The molecule has 1 aliphatic heterocycles. The van der Waals surface area contributed by atoms with Crippen molar-refractivity contribution in [1.82, 2.24) is 10.2 Å². The van der Waals surface area contributed by atoms with Crippen molar-refractivity contribution in [3.8, 4) is 0 Å². The van der Waals surface area contributed by atoms with E-state index in [0.29, 0.717) is 6.54 Å². The van der Waals surface area contributed by atoms with Crippen LogP contribution in [0, 0.1) is 0 Å². The Labute approximate surface area is 158 Å². The zero-order valence-electron chi connectivity index (χ0n) is 14.9. The van der Waals surface area contributed by atoms with E-state index in [1.54, 1.807) is 0 Å². The molecule has 1 aliphatic rings. The minimum atomic E-state index is -0.416. The predicted octanol–water partition coefficient (Wildman–Crippen LogP) is 2.91. The number of nitrogens with zero attached hydrogens (tertiary/aromatic N) is 1. The van der Waals surface area contributed by atoms with E-state index in [0.717, 1.165) is 16.1 Å². The molecule has 0 saturated carbocycles. The number of thioether (sulfide) groups is 1. The molecule has 3 rings (SSSR count). The van der Waals surface area contributed by atoms with Crippen LogP contribution < -0.4 is 10.6 Å². The number of hydrogen-bond acceptors (Lipinski definition) is 4. The molecular weight excluding hydrogens is 346 g/mol. The lowest BCUT2D eigenvalue weighted by atomic mass is 10.1. The molecule has 2 aromatic carbocycles. The van der Waals surface area contributed by atoms with Crippen LogP contribution in [-0.4, -0.2) is 42.6 Å². The van der Waals surface area contributed by atoms with Crippen LogP contribution >= 0.6 is 11.8 Å². The minimum Gasteiger partial charge on any atom is -0.348 e. The molecule has 0 saturated heterocycles. The quantitative estimate of drug-likeness (QED) is 0.822. The first-order valence-electron chi connectivity index (χ1n) is 8.58. The van der Waals surface area contributed by atoms with Gasteiger partial charge in [0.05, 0.1) is 17.0 Å². The number of rotatable bonds is 6. The Bertz CT molecular complexity index is 780. The van der Waals surface area contributed by atoms with E-state index in [2.05, 4.69) is 10.6 Å². The second-order valence-electron chi connectivity index (χ2n) is 6.59. The van der Waals surface area contributed by atoms with Crippen LogP contribution in [0.2, 0.25) is 0 Å². The molecule has 0 fully saturated rings. The Morgan fingerprint density at radius 1 is 1.15 bits per heavy atom. The van der Waals surface area contributed by atoms with Crippen molar-refractivity contribution in [2.75, 3.05) is 26.0 Å². The first-order valence-corrected chi connectivity index (χ1v) is 9.46. The fraction of sp³-hybridized carbons (Fsp3) is 0.300. The number of para-hydroxylation sites is 1. The zero-order chi connectivity index (χ0) is 18.5. The van der Waals surface area contributed by atoms with Crippen LogP contribution in [0.25, 0.3) is 0 Å². The van der Waals surface area contributed by atoms with Crippen LogP contribution in [-0.2, 0) is 9.59 Å². The van der Waals surface area contributed by atoms with Crippen LogP contribution in [0.5, 0.6) is 0 Å². The summed E-state index contributed by atoms with van der Waals surface area (Å²) in [7, 11) is 3.95. The molecule has 2 N–H and O–H groups in total. The number of fused-ring (bicyclic) bond motifs is 1. The third-order valence-electron chi connectivity index (χ3n) is 4.16. The highest BCUT2D eigenvalue weighted by Gasteiger charge is 2.29. The van der Waals surface area contributed by atoms with Crippen LogP contribution in [0.1, 0.15) is 18.0 Å². The van der Waals surface area contributed by atoms with Gasteiger partial charge in [0.1, 0.15) is 0 Å². The fourth-order valence-corrected chi connectivity index (χ4v) is 4.04. The zero-order valence-corrected chi connectivity index (χ0v) is 15.8. The predicted molar refractivity (Wildman–Crippen MR) is 105 cm³/mol. The largest absolute Gasteiger partial charge is 0.348 e. The first-order chi connectivity index (χ1) is 12.5. The average molecular weight is 369 g/mol. The van der Waals surface area contributed by atoms with Gasteiger partial charge in [0.25, 0.3) is 0 Å². The van der Waals surface area contributed by atoms with Crippen molar-refractivity contribution in [3.63, 3.8) is 0 Å². The molecule has 0 spiro atoms. The highest BCUT2D eigenvalue weighted by atomic mass is 32.2. The monoisotopic (exact) mass is 369 g/mol. The lowest BCUT2D eigenvalue weighted by Gasteiger charge is -2.26. The van der Waals surface area contributed by atoms with Crippen molar-refractivity contribution in [2.24, 2.45) is 0 Å². The molecule has 136 valence electrons. The molecule has 26 heavy (non-hydrogen) atoms. The molecule has 0 aromatic heterocycles. The number of hydrogen-bond donors (Lipinski definition) is 2. The summed E-state index contributed by atoms with van der Waals surface area (Å²) in [4.78, 5) is 28.0. The molecule has 0 aliphatic carbocycles. The normalized spacial score (nSPS) is 17.3. The Balaban J connectivity index is 1.66. The van der Waals surface area contributed by atoms with Gasteiger partial charge >= 0.3 is 0 Å². The maximum atomic E-state index is 12.6. The van der Waals surface area contributed by atoms with Crippen LogP contribution in [0.3, 0.4) is 0 Å². The Hall–Kier alpha value is -2.31. The van der Waals surface area contributed by atoms with Crippen LogP contribution in [0.15, 0.2) is 59.5 Å². The van der Waals surface area contributed by atoms with E-state index < -0.39 is 5.25 Å². The summed E-state index contributed by atoms with van der Waals surface area (Å²) in [6.45, 7) is 0.697.